The van der Waals surface area contributed by atoms with Gasteiger partial charge in [0, 0.05) is 31.2 Å². The lowest BCUT2D eigenvalue weighted by atomic mass is 9.93. The minimum atomic E-state index is -0.676. The van der Waals surface area contributed by atoms with E-state index in [0.717, 1.165) is 13.0 Å². The Labute approximate surface area is 98.0 Å². The summed E-state index contributed by atoms with van der Waals surface area (Å²) in [4.78, 5) is 13.4. The molecule has 2 N–H and O–H groups in total. The average molecular weight is 228 g/mol. The monoisotopic (exact) mass is 228 g/mol. The van der Waals surface area contributed by atoms with Crippen molar-refractivity contribution in [2.45, 2.75) is 52.2 Å². The Morgan fingerprint density at radius 1 is 1.25 bits per heavy atom. The molecule has 0 aliphatic carbocycles. The molecule has 4 heteroatoms. The van der Waals surface area contributed by atoms with E-state index in [4.69, 9.17) is 5.11 Å². The second-order valence-corrected chi connectivity index (χ2v) is 5.22. The molecular weight excluding hydrogens is 204 g/mol. The minimum absolute atomic E-state index is 0.237. The molecule has 1 fully saturated rings. The van der Waals surface area contributed by atoms with Crippen molar-refractivity contribution in [2.75, 3.05) is 13.1 Å². The molecule has 1 aliphatic heterocycles. The van der Waals surface area contributed by atoms with E-state index >= 15 is 0 Å². The number of nitrogens with zero attached hydrogens (tertiary/aromatic N) is 1. The van der Waals surface area contributed by atoms with Crippen molar-refractivity contribution in [2.24, 2.45) is 5.92 Å². The number of aliphatic carboxylic acids is 1. The molecule has 4 nitrogen and oxygen atoms in total. The molecule has 2 unspecified atom stereocenters. The SMILES string of the molecule is CC(C)N(C(C)C)C1CNCC(C(=O)O)C1. The van der Waals surface area contributed by atoms with Crippen molar-refractivity contribution in [3.8, 4) is 0 Å². The fourth-order valence-electron chi connectivity index (χ4n) is 2.77. The zero-order valence-corrected chi connectivity index (χ0v) is 10.7. The lowest BCUT2D eigenvalue weighted by Crippen LogP contribution is -2.54. The van der Waals surface area contributed by atoms with Gasteiger partial charge in [0.2, 0.25) is 0 Å². The van der Waals surface area contributed by atoms with Crippen LogP contribution in [0.1, 0.15) is 34.1 Å². The molecule has 0 spiro atoms. The van der Waals surface area contributed by atoms with E-state index in [1.54, 1.807) is 0 Å². The molecular formula is C12H24N2O2. The van der Waals surface area contributed by atoms with Gasteiger partial charge in [0.05, 0.1) is 5.92 Å². The first-order valence-electron chi connectivity index (χ1n) is 6.14. The molecule has 0 bridgehead atoms. The molecule has 0 aromatic heterocycles. The van der Waals surface area contributed by atoms with E-state index in [1.165, 1.54) is 0 Å². The van der Waals surface area contributed by atoms with Crippen LogP contribution in [-0.4, -0.2) is 47.2 Å². The molecule has 0 aromatic carbocycles. The highest BCUT2D eigenvalue weighted by Gasteiger charge is 2.32. The van der Waals surface area contributed by atoms with E-state index in [0.29, 0.717) is 24.7 Å². The number of carboxylic acids is 1. The molecule has 1 saturated heterocycles. The quantitative estimate of drug-likeness (QED) is 0.758. The molecule has 0 aromatic rings. The van der Waals surface area contributed by atoms with Crippen molar-refractivity contribution in [1.29, 1.82) is 0 Å². The second kappa shape index (κ2) is 5.64. The molecule has 1 aliphatic rings. The van der Waals surface area contributed by atoms with Crippen molar-refractivity contribution in [3.63, 3.8) is 0 Å². The Hall–Kier alpha value is -0.610. The highest BCUT2D eigenvalue weighted by Crippen LogP contribution is 2.20. The van der Waals surface area contributed by atoms with E-state index in [1.807, 2.05) is 0 Å². The summed E-state index contributed by atoms with van der Waals surface area (Å²) in [6.45, 7) is 10.2. The minimum Gasteiger partial charge on any atom is -0.481 e. The Bertz CT molecular complexity index is 233. The van der Waals surface area contributed by atoms with Gasteiger partial charge in [-0.25, -0.2) is 0 Å². The summed E-state index contributed by atoms with van der Waals surface area (Å²) in [5, 5.41) is 12.3. The zero-order valence-electron chi connectivity index (χ0n) is 10.7. The van der Waals surface area contributed by atoms with E-state index in [9.17, 15) is 4.79 Å². The van der Waals surface area contributed by atoms with Crippen LogP contribution in [0.15, 0.2) is 0 Å². The van der Waals surface area contributed by atoms with Crippen LogP contribution in [0.4, 0.5) is 0 Å². The van der Waals surface area contributed by atoms with Gasteiger partial charge in [0.25, 0.3) is 0 Å². The average Bonchev–Trinajstić information content (AvgIpc) is 2.16. The van der Waals surface area contributed by atoms with Crippen LogP contribution in [0.5, 0.6) is 0 Å². The lowest BCUT2D eigenvalue weighted by Gasteiger charge is -2.41. The van der Waals surface area contributed by atoms with Crippen LogP contribution in [-0.2, 0) is 4.79 Å². The number of nitrogens with one attached hydrogen (secondary N) is 1. The van der Waals surface area contributed by atoms with Gasteiger partial charge in [-0.15, -0.1) is 0 Å². The third-order valence-electron chi connectivity index (χ3n) is 3.29. The van der Waals surface area contributed by atoms with Gasteiger partial charge in [0.1, 0.15) is 0 Å². The van der Waals surface area contributed by atoms with Gasteiger partial charge in [-0.2, -0.15) is 0 Å². The molecule has 2 atom stereocenters. The third kappa shape index (κ3) is 3.19. The molecule has 0 saturated carbocycles. The fourth-order valence-corrected chi connectivity index (χ4v) is 2.77. The van der Waals surface area contributed by atoms with Gasteiger partial charge in [0.15, 0.2) is 0 Å². The van der Waals surface area contributed by atoms with Crippen molar-refractivity contribution >= 4 is 5.97 Å². The number of rotatable bonds is 4. The first-order valence-corrected chi connectivity index (χ1v) is 6.14. The number of piperidine rings is 1. The molecule has 94 valence electrons. The Morgan fingerprint density at radius 3 is 2.25 bits per heavy atom. The Kier molecular flexibility index (Phi) is 4.74. The number of hydrogen-bond acceptors (Lipinski definition) is 3. The standard InChI is InChI=1S/C12H24N2O2/c1-8(2)14(9(3)4)11-5-10(12(15)16)6-13-7-11/h8-11,13H,5-7H2,1-4H3,(H,15,16). The largest absolute Gasteiger partial charge is 0.481 e. The zero-order chi connectivity index (χ0) is 12.3. The Morgan fingerprint density at radius 2 is 1.81 bits per heavy atom. The third-order valence-corrected chi connectivity index (χ3v) is 3.29. The van der Waals surface area contributed by atoms with Gasteiger partial charge in [-0.1, -0.05) is 0 Å². The van der Waals surface area contributed by atoms with Crippen LogP contribution < -0.4 is 5.32 Å². The highest BCUT2D eigenvalue weighted by atomic mass is 16.4. The predicted octanol–water partition coefficient (Wildman–Crippen LogP) is 1.17. The second-order valence-electron chi connectivity index (χ2n) is 5.22. The molecule has 16 heavy (non-hydrogen) atoms. The Balaban J connectivity index is 2.67. The van der Waals surface area contributed by atoms with Gasteiger partial charge >= 0.3 is 5.97 Å². The number of carbonyl (C=O) groups is 1. The maximum absolute atomic E-state index is 11.0. The van der Waals surface area contributed by atoms with Crippen LogP contribution in [0.25, 0.3) is 0 Å². The first-order chi connectivity index (χ1) is 7.43. The van der Waals surface area contributed by atoms with Crippen molar-refractivity contribution < 1.29 is 9.90 Å². The summed E-state index contributed by atoms with van der Waals surface area (Å²) in [5.41, 5.74) is 0. The van der Waals surface area contributed by atoms with Crippen LogP contribution in [0, 0.1) is 5.92 Å². The summed E-state index contributed by atoms with van der Waals surface area (Å²) in [5.74, 6) is -0.914. The molecule has 1 rings (SSSR count). The van der Waals surface area contributed by atoms with Crippen LogP contribution in [0.2, 0.25) is 0 Å². The molecule has 0 amide bonds. The lowest BCUT2D eigenvalue weighted by molar-refractivity contribution is -0.143. The maximum Gasteiger partial charge on any atom is 0.307 e. The van der Waals surface area contributed by atoms with Crippen molar-refractivity contribution in [1.82, 2.24) is 10.2 Å². The summed E-state index contributed by atoms with van der Waals surface area (Å²) >= 11 is 0. The highest BCUT2D eigenvalue weighted by molar-refractivity contribution is 5.70. The van der Waals surface area contributed by atoms with Crippen LogP contribution in [0.3, 0.4) is 0 Å². The van der Waals surface area contributed by atoms with Gasteiger partial charge in [-0.05, 0) is 34.1 Å². The number of hydrogen-bond donors (Lipinski definition) is 2. The molecule has 1 heterocycles. The predicted molar refractivity (Wildman–Crippen MR) is 64.5 cm³/mol. The summed E-state index contributed by atoms with van der Waals surface area (Å²) in [6, 6.07) is 1.26. The van der Waals surface area contributed by atoms with E-state index < -0.39 is 5.97 Å². The maximum atomic E-state index is 11.0. The summed E-state index contributed by atoms with van der Waals surface area (Å²) in [6.07, 6.45) is 0.763. The fraction of sp³-hybridized carbons (Fsp3) is 0.917. The summed E-state index contributed by atoms with van der Waals surface area (Å²) < 4.78 is 0. The molecule has 0 radical (unpaired) electrons. The normalized spacial score (nSPS) is 26.7. The van der Waals surface area contributed by atoms with Gasteiger partial charge < -0.3 is 10.4 Å². The summed E-state index contributed by atoms with van der Waals surface area (Å²) in [7, 11) is 0. The van der Waals surface area contributed by atoms with E-state index in [2.05, 4.69) is 37.9 Å². The number of carboxylic acid groups (broad SMARTS) is 1. The van der Waals surface area contributed by atoms with Crippen molar-refractivity contribution in [3.05, 3.63) is 0 Å². The topological polar surface area (TPSA) is 52.6 Å². The van der Waals surface area contributed by atoms with E-state index in [-0.39, 0.29) is 5.92 Å². The first kappa shape index (κ1) is 13.5. The van der Waals surface area contributed by atoms with Crippen LogP contribution >= 0.6 is 0 Å². The van der Waals surface area contributed by atoms with Gasteiger partial charge in [-0.3, -0.25) is 9.69 Å². The smallest absolute Gasteiger partial charge is 0.307 e.